The third kappa shape index (κ3) is 3.47. The molecule has 3 aromatic rings. The van der Waals surface area contributed by atoms with Crippen molar-refractivity contribution in [3.8, 4) is 0 Å². The lowest BCUT2D eigenvalue weighted by molar-refractivity contribution is -0.394. The third-order valence-electron chi connectivity index (χ3n) is 3.49. The summed E-state index contributed by atoms with van der Waals surface area (Å²) in [7, 11) is -1.86. The minimum atomic E-state index is -1.86. The molecule has 1 heterocycles. The Balaban J connectivity index is 1.99. The first kappa shape index (κ1) is 17.4. The fourth-order valence-electron chi connectivity index (χ4n) is 2.34. The molecule has 0 aliphatic rings. The predicted molar refractivity (Wildman–Crippen MR) is 92.2 cm³/mol. The van der Waals surface area contributed by atoms with E-state index in [1.54, 1.807) is 24.3 Å². The normalized spacial score (nSPS) is 12.0. The quantitative estimate of drug-likeness (QED) is 0.408. The zero-order valence-corrected chi connectivity index (χ0v) is 13.8. The van der Waals surface area contributed by atoms with Crippen molar-refractivity contribution in [3.63, 3.8) is 0 Å². The number of rotatable bonds is 5. The van der Waals surface area contributed by atoms with Gasteiger partial charge in [0.15, 0.2) is 5.16 Å². The molecule has 0 saturated carbocycles. The molecule has 1 atom stereocenters. The Labute approximate surface area is 147 Å². The monoisotopic (exact) mass is 374 g/mol. The number of nitro groups is 2. The number of para-hydroxylation sites is 1. The van der Waals surface area contributed by atoms with Crippen molar-refractivity contribution >= 4 is 33.1 Å². The first-order chi connectivity index (χ1) is 12.3. The van der Waals surface area contributed by atoms with Crippen LogP contribution in [0.2, 0.25) is 0 Å². The molecule has 0 saturated heterocycles. The molecule has 0 aliphatic carbocycles. The molecular weight excluding hydrogens is 364 g/mol. The Kier molecular flexibility index (Phi) is 4.54. The van der Waals surface area contributed by atoms with E-state index >= 15 is 0 Å². The summed E-state index contributed by atoms with van der Waals surface area (Å²) >= 11 is 0. The molecule has 1 N–H and O–H groups in total. The first-order valence-corrected chi connectivity index (χ1v) is 8.47. The fourth-order valence-corrected chi connectivity index (χ4v) is 3.36. The molecule has 0 aliphatic heterocycles. The highest BCUT2D eigenvalue weighted by molar-refractivity contribution is 7.84. The number of non-ortho nitro benzene ring substituents is 2. The lowest BCUT2D eigenvalue weighted by Gasteiger charge is -2.04. The van der Waals surface area contributed by atoms with E-state index in [0.717, 1.165) is 18.2 Å². The van der Waals surface area contributed by atoms with Crippen LogP contribution in [0, 0.1) is 20.2 Å². The van der Waals surface area contributed by atoms with Gasteiger partial charge in [-0.25, -0.2) is 4.98 Å². The largest absolute Gasteiger partial charge is 0.299 e. The molecule has 0 fully saturated rings. The molecule has 0 radical (unpaired) electrons. The number of aromatic nitrogens is 2. The highest BCUT2D eigenvalue weighted by Crippen LogP contribution is 2.24. The van der Waals surface area contributed by atoms with Gasteiger partial charge in [0, 0.05) is 12.1 Å². The maximum Gasteiger partial charge on any atom is 0.276 e. The molecule has 10 nitrogen and oxygen atoms in total. The number of nitro benzene ring substituents is 2. The van der Waals surface area contributed by atoms with Crippen LogP contribution in [0.25, 0.3) is 10.9 Å². The second-order valence-corrected chi connectivity index (χ2v) is 6.62. The van der Waals surface area contributed by atoms with Crippen LogP contribution < -0.4 is 5.56 Å². The van der Waals surface area contributed by atoms with E-state index in [-0.39, 0.29) is 16.5 Å². The van der Waals surface area contributed by atoms with E-state index in [4.69, 9.17) is 0 Å². The topological polar surface area (TPSA) is 149 Å². The molecule has 11 heteroatoms. The van der Waals surface area contributed by atoms with E-state index in [9.17, 15) is 29.2 Å². The van der Waals surface area contributed by atoms with E-state index < -0.39 is 37.6 Å². The average Bonchev–Trinajstić information content (AvgIpc) is 2.61. The van der Waals surface area contributed by atoms with Crippen molar-refractivity contribution < 1.29 is 14.1 Å². The summed E-state index contributed by atoms with van der Waals surface area (Å²) < 4.78 is 12.5. The van der Waals surface area contributed by atoms with Crippen LogP contribution in [0.5, 0.6) is 0 Å². The zero-order valence-electron chi connectivity index (χ0n) is 12.9. The number of H-pyrrole nitrogens is 1. The summed E-state index contributed by atoms with van der Waals surface area (Å²) in [5.74, 6) is -0.274. The Morgan fingerprint density at radius 3 is 2.27 bits per heavy atom. The van der Waals surface area contributed by atoms with Gasteiger partial charge < -0.3 is 0 Å². The van der Waals surface area contributed by atoms with Crippen molar-refractivity contribution in [2.24, 2.45) is 0 Å². The highest BCUT2D eigenvalue weighted by atomic mass is 32.2. The molecule has 2 aromatic carbocycles. The van der Waals surface area contributed by atoms with Gasteiger partial charge in [-0.1, -0.05) is 12.1 Å². The van der Waals surface area contributed by atoms with Gasteiger partial charge in [-0.2, -0.15) is 0 Å². The molecule has 132 valence electrons. The molecule has 0 bridgehead atoms. The third-order valence-corrected chi connectivity index (χ3v) is 4.71. The predicted octanol–water partition coefficient (Wildman–Crippen LogP) is 2.05. The maximum atomic E-state index is 12.5. The Bertz CT molecular complexity index is 1090. The van der Waals surface area contributed by atoms with Crippen LogP contribution in [-0.2, 0) is 16.6 Å². The van der Waals surface area contributed by atoms with E-state index in [1.165, 1.54) is 0 Å². The molecular formula is C15H10N4O6S. The molecule has 3 rings (SSSR count). The molecule has 1 aromatic heterocycles. The van der Waals surface area contributed by atoms with Crippen molar-refractivity contribution in [1.29, 1.82) is 0 Å². The van der Waals surface area contributed by atoms with Crippen LogP contribution in [-0.4, -0.2) is 24.0 Å². The van der Waals surface area contributed by atoms with Gasteiger partial charge in [0.25, 0.3) is 16.9 Å². The smallest absolute Gasteiger partial charge is 0.276 e. The second kappa shape index (κ2) is 6.80. The van der Waals surface area contributed by atoms with Crippen LogP contribution in [0.1, 0.15) is 5.56 Å². The van der Waals surface area contributed by atoms with Crippen molar-refractivity contribution in [2.45, 2.75) is 10.9 Å². The SMILES string of the molecule is O=c1[nH]c(S(=O)Cc2cc([N+](=O)[O-])cc([N+](=O)[O-])c2)nc2ccccc12. The molecule has 1 unspecified atom stereocenters. The van der Waals surface area contributed by atoms with Crippen molar-refractivity contribution in [3.05, 3.63) is 78.6 Å². The number of benzene rings is 2. The minimum absolute atomic E-state index is 0.108. The molecule has 0 spiro atoms. The summed E-state index contributed by atoms with van der Waals surface area (Å²) in [5, 5.41) is 22.1. The maximum absolute atomic E-state index is 12.5. The Morgan fingerprint density at radius 1 is 1.04 bits per heavy atom. The summed E-state index contributed by atoms with van der Waals surface area (Å²) in [5.41, 5.74) is -0.953. The zero-order chi connectivity index (χ0) is 18.8. The first-order valence-electron chi connectivity index (χ1n) is 7.15. The molecule has 26 heavy (non-hydrogen) atoms. The summed E-state index contributed by atoms with van der Waals surface area (Å²) in [4.78, 5) is 38.9. The standard InChI is InChI=1S/C15H10N4O6S/c20-14-12-3-1-2-4-13(12)16-15(17-14)26(25)8-9-5-10(18(21)22)7-11(6-9)19(23)24/h1-7H,8H2,(H,16,17,20). The van der Waals surface area contributed by atoms with E-state index in [2.05, 4.69) is 9.97 Å². The minimum Gasteiger partial charge on any atom is -0.299 e. The lowest BCUT2D eigenvalue weighted by Crippen LogP contribution is -2.13. The number of hydrogen-bond acceptors (Lipinski definition) is 7. The van der Waals surface area contributed by atoms with Gasteiger partial charge in [-0.15, -0.1) is 0 Å². The number of fused-ring (bicyclic) bond motifs is 1. The molecule has 0 amide bonds. The summed E-state index contributed by atoms with van der Waals surface area (Å²) in [6.45, 7) is 0. The van der Waals surface area contributed by atoms with Crippen molar-refractivity contribution in [2.75, 3.05) is 0 Å². The summed E-state index contributed by atoms with van der Waals surface area (Å²) in [6, 6.07) is 9.52. The number of aromatic amines is 1. The Hall–Kier alpha value is -3.47. The average molecular weight is 374 g/mol. The van der Waals surface area contributed by atoms with Gasteiger partial charge >= 0.3 is 0 Å². The highest BCUT2D eigenvalue weighted by Gasteiger charge is 2.19. The van der Waals surface area contributed by atoms with Gasteiger partial charge in [-0.05, 0) is 17.7 Å². The van der Waals surface area contributed by atoms with Gasteiger partial charge in [0.05, 0.1) is 43.4 Å². The summed E-state index contributed by atoms with van der Waals surface area (Å²) in [6.07, 6.45) is 0. The van der Waals surface area contributed by atoms with Gasteiger partial charge in [0.2, 0.25) is 0 Å². The van der Waals surface area contributed by atoms with Gasteiger partial charge in [0.1, 0.15) is 0 Å². The van der Waals surface area contributed by atoms with Gasteiger partial charge in [-0.3, -0.25) is 34.2 Å². The fraction of sp³-hybridized carbons (Fsp3) is 0.0667. The van der Waals surface area contributed by atoms with E-state index in [0.29, 0.717) is 10.9 Å². The van der Waals surface area contributed by atoms with Crippen LogP contribution in [0.3, 0.4) is 0 Å². The lowest BCUT2D eigenvalue weighted by atomic mass is 10.2. The van der Waals surface area contributed by atoms with Crippen molar-refractivity contribution in [1.82, 2.24) is 9.97 Å². The number of nitrogens with one attached hydrogen (secondary N) is 1. The van der Waals surface area contributed by atoms with Crippen LogP contribution in [0.4, 0.5) is 11.4 Å². The number of nitrogens with zero attached hydrogens (tertiary/aromatic N) is 3. The second-order valence-electron chi connectivity index (χ2n) is 5.25. The van der Waals surface area contributed by atoms with Crippen LogP contribution in [0.15, 0.2) is 52.4 Å². The van der Waals surface area contributed by atoms with E-state index in [1.807, 2.05) is 0 Å². The number of hydrogen-bond donors (Lipinski definition) is 1. The Morgan fingerprint density at radius 2 is 1.65 bits per heavy atom. The van der Waals surface area contributed by atoms with Crippen LogP contribution >= 0.6 is 0 Å².